The van der Waals surface area contributed by atoms with Crippen molar-refractivity contribution in [1.82, 2.24) is 4.90 Å². The molecule has 3 nitrogen and oxygen atoms in total. The van der Waals surface area contributed by atoms with Crippen LogP contribution in [-0.2, 0) is 0 Å². The number of imide groups is 1. The van der Waals surface area contributed by atoms with Crippen molar-refractivity contribution in [2.75, 3.05) is 12.3 Å². The first-order valence-corrected chi connectivity index (χ1v) is 8.95. The highest BCUT2D eigenvalue weighted by Gasteiger charge is 2.34. The summed E-state index contributed by atoms with van der Waals surface area (Å²) in [5.41, 5.74) is 1.10. The lowest BCUT2D eigenvalue weighted by atomic mass is 10.1. The van der Waals surface area contributed by atoms with E-state index >= 15 is 0 Å². The maximum absolute atomic E-state index is 12.2. The lowest BCUT2D eigenvalue weighted by molar-refractivity contribution is 0.0651. The van der Waals surface area contributed by atoms with Crippen LogP contribution < -0.4 is 0 Å². The smallest absolute Gasteiger partial charge is 0.261 e. The zero-order valence-electron chi connectivity index (χ0n) is 13.1. The molecule has 0 atom stereocenters. The second-order valence-electron chi connectivity index (χ2n) is 5.86. The van der Waals surface area contributed by atoms with Crippen molar-refractivity contribution in [3.05, 3.63) is 35.4 Å². The number of hydrogen-bond acceptors (Lipinski definition) is 3. The van der Waals surface area contributed by atoms with Crippen molar-refractivity contribution < 1.29 is 9.59 Å². The fourth-order valence-corrected chi connectivity index (χ4v) is 3.11. The molecule has 2 rings (SSSR count). The molecule has 1 aromatic rings. The molecule has 0 aliphatic carbocycles. The zero-order chi connectivity index (χ0) is 15.8. The van der Waals surface area contributed by atoms with Crippen LogP contribution in [0.3, 0.4) is 0 Å². The predicted octanol–water partition coefficient (Wildman–Crippen LogP) is 4.33. The van der Waals surface area contributed by atoms with Crippen LogP contribution in [0.2, 0.25) is 0 Å². The van der Waals surface area contributed by atoms with Crippen LogP contribution in [0, 0.1) is 0 Å². The van der Waals surface area contributed by atoms with Crippen LogP contribution in [0.1, 0.15) is 72.1 Å². The maximum Gasteiger partial charge on any atom is 0.261 e. The Morgan fingerprint density at radius 1 is 0.727 bits per heavy atom. The first-order chi connectivity index (χ1) is 10.8. The summed E-state index contributed by atoms with van der Waals surface area (Å²) in [5, 5.41) is 0. The van der Waals surface area contributed by atoms with Gasteiger partial charge in [0.15, 0.2) is 0 Å². The van der Waals surface area contributed by atoms with E-state index in [0.717, 1.165) is 18.6 Å². The molecule has 4 heteroatoms. The fourth-order valence-electron chi connectivity index (χ4n) is 2.88. The van der Waals surface area contributed by atoms with E-state index in [0.29, 0.717) is 17.7 Å². The van der Waals surface area contributed by atoms with Gasteiger partial charge in [-0.05, 0) is 30.7 Å². The molecule has 0 unspecified atom stereocenters. The highest BCUT2D eigenvalue weighted by molar-refractivity contribution is 7.80. The largest absolute Gasteiger partial charge is 0.274 e. The third-order valence-electron chi connectivity index (χ3n) is 4.17. The SMILES string of the molecule is O=C1c2ccccc2C(=O)N1CCCCCCCCCCS. The van der Waals surface area contributed by atoms with Crippen LogP contribution in [-0.4, -0.2) is 29.0 Å². The highest BCUT2D eigenvalue weighted by atomic mass is 32.1. The molecule has 0 fully saturated rings. The first kappa shape index (κ1) is 17.1. The number of hydrogen-bond donors (Lipinski definition) is 1. The molecular weight excluding hydrogens is 294 g/mol. The summed E-state index contributed by atoms with van der Waals surface area (Å²) < 4.78 is 0. The van der Waals surface area contributed by atoms with Gasteiger partial charge in [-0.2, -0.15) is 12.6 Å². The topological polar surface area (TPSA) is 37.4 Å². The van der Waals surface area contributed by atoms with Gasteiger partial charge in [-0.15, -0.1) is 0 Å². The molecule has 0 bridgehead atoms. The van der Waals surface area contributed by atoms with E-state index in [9.17, 15) is 9.59 Å². The van der Waals surface area contributed by atoms with E-state index in [1.54, 1.807) is 24.3 Å². The number of fused-ring (bicyclic) bond motifs is 1. The van der Waals surface area contributed by atoms with Crippen LogP contribution in [0.25, 0.3) is 0 Å². The van der Waals surface area contributed by atoms with Gasteiger partial charge in [0.25, 0.3) is 11.8 Å². The Kier molecular flexibility index (Phi) is 6.97. The minimum atomic E-state index is -0.132. The quantitative estimate of drug-likeness (QED) is 0.396. The van der Waals surface area contributed by atoms with Crippen LogP contribution in [0.4, 0.5) is 0 Å². The fraction of sp³-hybridized carbons (Fsp3) is 0.556. The van der Waals surface area contributed by atoms with E-state index in [2.05, 4.69) is 12.6 Å². The van der Waals surface area contributed by atoms with Crippen molar-refractivity contribution in [2.24, 2.45) is 0 Å². The highest BCUT2D eigenvalue weighted by Crippen LogP contribution is 2.22. The number of amides is 2. The molecule has 0 spiro atoms. The maximum atomic E-state index is 12.2. The molecule has 0 N–H and O–H groups in total. The molecule has 1 aliphatic heterocycles. The minimum absolute atomic E-state index is 0.132. The molecule has 1 heterocycles. The molecule has 1 aromatic carbocycles. The van der Waals surface area contributed by atoms with Gasteiger partial charge >= 0.3 is 0 Å². The predicted molar refractivity (Wildman–Crippen MR) is 92.6 cm³/mol. The Morgan fingerprint density at radius 3 is 1.68 bits per heavy atom. The van der Waals surface area contributed by atoms with E-state index in [4.69, 9.17) is 0 Å². The second kappa shape index (κ2) is 8.99. The van der Waals surface area contributed by atoms with Crippen molar-refractivity contribution in [2.45, 2.75) is 51.4 Å². The number of rotatable bonds is 10. The van der Waals surface area contributed by atoms with Gasteiger partial charge in [0.2, 0.25) is 0 Å². The first-order valence-electron chi connectivity index (χ1n) is 8.32. The second-order valence-corrected chi connectivity index (χ2v) is 6.31. The van der Waals surface area contributed by atoms with Gasteiger partial charge in [-0.1, -0.05) is 50.7 Å². The van der Waals surface area contributed by atoms with E-state index in [1.165, 1.54) is 43.4 Å². The Morgan fingerprint density at radius 2 is 1.18 bits per heavy atom. The Hall–Kier alpha value is -1.29. The molecule has 120 valence electrons. The Balaban J connectivity index is 1.63. The lowest BCUT2D eigenvalue weighted by Gasteiger charge is -2.13. The normalized spacial score (nSPS) is 13.8. The molecule has 2 amide bonds. The summed E-state index contributed by atoms with van der Waals surface area (Å²) in [6.07, 6.45) is 9.47. The van der Waals surface area contributed by atoms with Crippen LogP contribution in [0.5, 0.6) is 0 Å². The third-order valence-corrected chi connectivity index (χ3v) is 4.48. The number of thiol groups is 1. The summed E-state index contributed by atoms with van der Waals surface area (Å²) >= 11 is 4.21. The van der Waals surface area contributed by atoms with Gasteiger partial charge in [-0.25, -0.2) is 0 Å². The Labute approximate surface area is 138 Å². The number of carbonyl (C=O) groups excluding carboxylic acids is 2. The van der Waals surface area contributed by atoms with Gasteiger partial charge in [0.05, 0.1) is 11.1 Å². The molecule has 0 saturated heterocycles. The summed E-state index contributed by atoms with van der Waals surface area (Å²) in [5.74, 6) is 0.722. The average molecular weight is 319 g/mol. The van der Waals surface area contributed by atoms with E-state index < -0.39 is 0 Å². The van der Waals surface area contributed by atoms with E-state index in [1.807, 2.05) is 0 Å². The monoisotopic (exact) mass is 319 g/mol. The summed E-state index contributed by atoms with van der Waals surface area (Å²) in [4.78, 5) is 25.7. The minimum Gasteiger partial charge on any atom is -0.274 e. The standard InChI is InChI=1S/C18H25NO2S/c20-17-15-11-7-8-12-16(15)18(21)19(17)13-9-5-3-1-2-4-6-10-14-22/h7-8,11-12,22H,1-6,9-10,13-14H2. The summed E-state index contributed by atoms with van der Waals surface area (Å²) in [6, 6.07) is 7.09. The third kappa shape index (κ3) is 4.35. The summed E-state index contributed by atoms with van der Waals surface area (Å²) in [7, 11) is 0. The number of nitrogens with zero attached hydrogens (tertiary/aromatic N) is 1. The Bertz CT molecular complexity index is 481. The number of benzene rings is 1. The van der Waals surface area contributed by atoms with Crippen molar-refractivity contribution in [3.63, 3.8) is 0 Å². The van der Waals surface area contributed by atoms with Gasteiger partial charge < -0.3 is 0 Å². The lowest BCUT2D eigenvalue weighted by Crippen LogP contribution is -2.30. The van der Waals surface area contributed by atoms with Gasteiger partial charge in [-0.3, -0.25) is 14.5 Å². The van der Waals surface area contributed by atoms with Crippen molar-refractivity contribution >= 4 is 24.4 Å². The molecule has 1 aliphatic rings. The van der Waals surface area contributed by atoms with E-state index in [-0.39, 0.29) is 11.8 Å². The van der Waals surface area contributed by atoms with Gasteiger partial charge in [0, 0.05) is 6.54 Å². The van der Waals surface area contributed by atoms with Crippen molar-refractivity contribution in [1.29, 1.82) is 0 Å². The molecule has 0 radical (unpaired) electrons. The average Bonchev–Trinajstić information content (AvgIpc) is 2.78. The molecule has 0 aromatic heterocycles. The zero-order valence-corrected chi connectivity index (χ0v) is 14.0. The van der Waals surface area contributed by atoms with Crippen molar-refractivity contribution in [3.8, 4) is 0 Å². The van der Waals surface area contributed by atoms with Crippen LogP contribution >= 0.6 is 12.6 Å². The van der Waals surface area contributed by atoms with Gasteiger partial charge in [0.1, 0.15) is 0 Å². The molecule has 22 heavy (non-hydrogen) atoms. The molecule has 0 saturated carbocycles. The number of unbranched alkanes of at least 4 members (excludes halogenated alkanes) is 7. The number of carbonyl (C=O) groups is 2. The summed E-state index contributed by atoms with van der Waals surface area (Å²) in [6.45, 7) is 0.548. The molecular formula is C18H25NO2S. The van der Waals surface area contributed by atoms with Crippen LogP contribution in [0.15, 0.2) is 24.3 Å².